The van der Waals surface area contributed by atoms with Crippen molar-refractivity contribution in [2.24, 2.45) is 33.0 Å². The van der Waals surface area contributed by atoms with Crippen LogP contribution in [0.15, 0.2) is 89.7 Å². The van der Waals surface area contributed by atoms with Gasteiger partial charge in [-0.2, -0.15) is 0 Å². The smallest absolute Gasteiger partial charge is 0.355 e. The van der Waals surface area contributed by atoms with E-state index in [0.29, 0.717) is 79.7 Å². The highest BCUT2D eigenvalue weighted by atomic mass is 32.2. The first-order valence-electron chi connectivity index (χ1n) is 26.5. The Hall–Kier alpha value is -6.67. The number of anilines is 1. The Morgan fingerprint density at radius 3 is 2.39 bits per heavy atom. The number of fused-ring (bicyclic) bond motifs is 5. The van der Waals surface area contributed by atoms with E-state index in [1.165, 1.54) is 6.42 Å². The fourth-order valence-corrected chi connectivity index (χ4v) is 13.7. The van der Waals surface area contributed by atoms with Gasteiger partial charge >= 0.3 is 17.9 Å². The van der Waals surface area contributed by atoms with E-state index < -0.39 is 53.0 Å². The molecule has 2 aliphatic heterocycles. The first-order chi connectivity index (χ1) is 36.8. The molecule has 3 fully saturated rings. The van der Waals surface area contributed by atoms with Crippen LogP contribution in [0.5, 0.6) is 0 Å². The summed E-state index contributed by atoms with van der Waals surface area (Å²) in [6.07, 6.45) is 6.08. The van der Waals surface area contributed by atoms with E-state index in [1.54, 1.807) is 17.6 Å². The summed E-state index contributed by atoms with van der Waals surface area (Å²) in [5.41, 5.74) is 10.2. The molecule has 10 rings (SSSR count). The number of aryl methyl sites for hydroxylation is 1. The van der Waals surface area contributed by atoms with Crippen LogP contribution < -0.4 is 32.4 Å². The highest BCUT2D eigenvalue weighted by Gasteiger charge is 2.88. The number of hydrogen-bond acceptors (Lipinski definition) is 12. The maximum Gasteiger partial charge on any atom is 0.355 e. The van der Waals surface area contributed by atoms with Crippen LogP contribution in [0.2, 0.25) is 0 Å². The normalized spacial score (nSPS) is 22.2. The number of ketones is 1. The van der Waals surface area contributed by atoms with Crippen LogP contribution in [-0.4, -0.2) is 78.5 Å². The topological polar surface area (TPSA) is 264 Å². The third-order valence-corrected chi connectivity index (χ3v) is 17.3. The predicted molar refractivity (Wildman–Crippen MR) is 299 cm³/mol. The molecule has 5 aliphatic rings. The Balaban J connectivity index is 0.000000365. The summed E-state index contributed by atoms with van der Waals surface area (Å²) in [6.45, 7) is 10.3. The van der Waals surface area contributed by atoms with Crippen LogP contribution in [0.25, 0.3) is 33.4 Å². The van der Waals surface area contributed by atoms with Crippen molar-refractivity contribution in [3.8, 4) is 22.5 Å². The van der Waals surface area contributed by atoms with Crippen LogP contribution in [0.1, 0.15) is 115 Å². The molecule has 3 aromatic carbocycles. The van der Waals surface area contributed by atoms with E-state index in [9.17, 15) is 33.0 Å². The van der Waals surface area contributed by atoms with Crippen molar-refractivity contribution in [2.45, 2.75) is 124 Å². The lowest BCUT2D eigenvalue weighted by atomic mass is 9.55. The number of ether oxygens (including phenoxy) is 2. The number of pyridine rings is 2. The van der Waals surface area contributed by atoms with Crippen molar-refractivity contribution in [1.29, 1.82) is 0 Å². The molecular weight excluding hydrogens is 1020 g/mol. The maximum absolute atomic E-state index is 13.9. The standard InChI is InChI=1S/C44H44N6O8S.C11H17NO2S.C3H8/c1-2-44(33-22-36-39-30(20-29-8-3-4-11-34(29)48-39)24-50(36)41(55)32(33)25-57-42(44)56)58-38(53)23-46-40(54)35(12-5-6-19-45)49-43(59)47-31-10-7-9-28(21-31)27-16-13-26(14-17-27)15-18-37(51)52;1-9(2)7-5-8(13)10(6-15(12)14)3-4-11(7,9)10;1-3-2/h3-4,7-11,13-14,16-17,20-22,35H,2,5-6,12,15,18-19,23-25,45H2,1H3,(H,46,54)(H,51,52)(H2,47,49,59);7H,3-6,12H2,1-2H3;3H2,1-2H3/t35-,44-;;/m0../s1. The minimum atomic E-state index is -1.93. The molecule has 4 heterocycles. The molecule has 0 bridgehead atoms. The van der Waals surface area contributed by atoms with Crippen molar-refractivity contribution in [3.05, 3.63) is 118 Å². The molecule has 3 aliphatic carbocycles. The molecule has 2 aromatic heterocycles. The lowest BCUT2D eigenvalue weighted by Gasteiger charge is -2.49. The number of nitrogens with two attached hydrogens (primary N) is 2. The van der Waals surface area contributed by atoms with Gasteiger partial charge in [-0.3, -0.25) is 29.1 Å². The number of Topliss-reactive ketones (excluding diaryl/α,β-unsaturated/α-hetero) is 1. The SMILES string of the molecule is CC1(C)C2CC(=O)C3(CS(N)=O)CCC231.CCC.CC[C@@]1(OC(=O)CNC(=O)[C@H](CCCCN)NC(=S)Nc2cccc(-c3ccc(CCC(=O)O)cc3)c2)C(=O)OCc2c1cc1n(c2=O)Cc2cc3ccccc3nc2-1. The van der Waals surface area contributed by atoms with Gasteiger partial charge in [0.05, 0.1) is 45.8 Å². The number of unbranched alkanes of at least 4 members (excludes halogenated alkanes) is 1. The maximum atomic E-state index is 13.9. The lowest BCUT2D eigenvalue weighted by Crippen LogP contribution is -2.52. The Morgan fingerprint density at radius 1 is 0.974 bits per heavy atom. The number of carbonyl (C=O) groups is 5. The zero-order valence-corrected chi connectivity index (χ0v) is 46.0. The van der Waals surface area contributed by atoms with E-state index >= 15 is 0 Å². The van der Waals surface area contributed by atoms with Crippen LogP contribution in [0.4, 0.5) is 5.69 Å². The van der Waals surface area contributed by atoms with Gasteiger partial charge in [0.1, 0.15) is 25.0 Å². The number of thiocarbonyl (C=S) groups is 1. The third-order valence-electron chi connectivity index (χ3n) is 16.3. The molecule has 0 radical (unpaired) electrons. The molecule has 408 valence electrons. The van der Waals surface area contributed by atoms with Gasteiger partial charge < -0.3 is 40.8 Å². The van der Waals surface area contributed by atoms with Crippen molar-refractivity contribution >= 4 is 74.5 Å². The van der Waals surface area contributed by atoms with Gasteiger partial charge in [-0.25, -0.2) is 14.0 Å². The number of nitrogens with zero attached hydrogens (tertiary/aromatic N) is 2. The fourth-order valence-electron chi connectivity index (χ4n) is 12.4. The van der Waals surface area contributed by atoms with Crippen molar-refractivity contribution < 1.29 is 42.8 Å². The Morgan fingerprint density at radius 2 is 1.71 bits per heavy atom. The van der Waals surface area contributed by atoms with Gasteiger partial charge in [0.15, 0.2) is 5.11 Å². The van der Waals surface area contributed by atoms with Crippen LogP contribution in [-0.2, 0) is 69.6 Å². The van der Waals surface area contributed by atoms with Gasteiger partial charge in [0, 0.05) is 40.5 Å². The van der Waals surface area contributed by atoms with Crippen molar-refractivity contribution in [2.75, 3.05) is 24.2 Å². The quantitative estimate of drug-likeness (QED) is 0.0297. The van der Waals surface area contributed by atoms with E-state index in [4.69, 9.17) is 42.7 Å². The Kier molecular flexibility index (Phi) is 17.0. The fraction of sp³-hybridized carbons (Fsp3) is 0.448. The number of amides is 1. The number of carbonyl (C=O) groups excluding carboxylic acids is 4. The summed E-state index contributed by atoms with van der Waals surface area (Å²) in [6, 6.07) is 25.7. The molecule has 1 amide bonds. The zero-order chi connectivity index (χ0) is 55.5. The second kappa shape index (κ2) is 23.1. The van der Waals surface area contributed by atoms with E-state index in [-0.39, 0.29) is 57.5 Å². The van der Waals surface area contributed by atoms with Gasteiger partial charge in [0.2, 0.25) is 11.5 Å². The largest absolute Gasteiger partial charge is 0.481 e. The predicted octanol–water partition coefficient (Wildman–Crippen LogP) is 7.34. The van der Waals surface area contributed by atoms with Crippen LogP contribution in [0, 0.1) is 22.2 Å². The minimum Gasteiger partial charge on any atom is -0.481 e. The van der Waals surface area contributed by atoms with E-state index in [0.717, 1.165) is 46.0 Å². The summed E-state index contributed by atoms with van der Waals surface area (Å²) in [5.74, 6) is -1.82. The molecule has 5 aromatic rings. The third kappa shape index (κ3) is 10.8. The molecule has 6 atom stereocenters. The zero-order valence-electron chi connectivity index (χ0n) is 44.3. The number of benzene rings is 3. The van der Waals surface area contributed by atoms with Gasteiger partial charge in [-0.1, -0.05) is 95.6 Å². The molecule has 8 N–H and O–H groups in total. The number of rotatable bonds is 17. The average molecular weight is 1090 g/mol. The van der Waals surface area contributed by atoms with E-state index in [1.807, 2.05) is 78.9 Å². The molecule has 4 unspecified atom stereocenters. The summed E-state index contributed by atoms with van der Waals surface area (Å²) in [5, 5.41) is 24.3. The number of aromatic nitrogens is 2. The summed E-state index contributed by atoms with van der Waals surface area (Å²) < 4.78 is 24.2. The molecule has 77 heavy (non-hydrogen) atoms. The molecule has 1 spiro atoms. The molecule has 17 nitrogen and oxygen atoms in total. The number of nitrogens with one attached hydrogen (secondary N) is 3. The number of carboxylic acids is 1. The second-order valence-corrected chi connectivity index (χ2v) is 22.7. The monoisotopic (exact) mass is 1090 g/mol. The number of esters is 2. The number of aliphatic carboxylic acids is 1. The number of cyclic esters (lactones) is 1. The van der Waals surface area contributed by atoms with Crippen molar-refractivity contribution in [3.63, 3.8) is 0 Å². The number of hydrogen-bond donors (Lipinski definition) is 6. The number of carboxylic acid groups (broad SMARTS) is 1. The summed E-state index contributed by atoms with van der Waals surface area (Å²) in [4.78, 5) is 82.4. The van der Waals surface area contributed by atoms with Gasteiger partial charge in [-0.05, 0) is 127 Å². The Labute approximate surface area is 456 Å². The first-order valence-corrected chi connectivity index (χ1v) is 28.3. The van der Waals surface area contributed by atoms with E-state index in [2.05, 4.69) is 43.6 Å². The lowest BCUT2D eigenvalue weighted by molar-refractivity contribution is -0.189. The highest BCUT2D eigenvalue weighted by Crippen LogP contribution is 2.89. The van der Waals surface area contributed by atoms with Gasteiger partial charge in [0.25, 0.3) is 5.56 Å². The van der Waals surface area contributed by atoms with Crippen molar-refractivity contribution in [1.82, 2.24) is 20.2 Å². The molecular formula is C58H69N7O10S2. The van der Waals surface area contributed by atoms with Gasteiger partial charge in [-0.15, -0.1) is 0 Å². The number of para-hydroxylation sites is 1. The average Bonchev–Trinajstić information content (AvgIpc) is 1.95. The molecule has 3 saturated carbocycles. The summed E-state index contributed by atoms with van der Waals surface area (Å²) >= 11 is 5.60. The minimum absolute atomic E-state index is 0.0259. The second-order valence-electron chi connectivity index (χ2n) is 21.2. The first kappa shape index (κ1) is 56.5. The Bertz CT molecular complexity index is 3220. The van der Waals surface area contributed by atoms with Crippen LogP contribution >= 0.6 is 12.2 Å². The molecule has 19 heteroatoms. The van der Waals surface area contributed by atoms with Crippen LogP contribution in [0.3, 0.4) is 0 Å². The molecule has 0 saturated heterocycles. The highest BCUT2D eigenvalue weighted by molar-refractivity contribution is 7.82. The summed E-state index contributed by atoms with van der Waals surface area (Å²) in [7, 11) is -1.34.